The van der Waals surface area contributed by atoms with E-state index in [9.17, 15) is 0 Å². The highest BCUT2D eigenvalue weighted by Crippen LogP contribution is 2.11. The van der Waals surface area contributed by atoms with Gasteiger partial charge in [-0.1, -0.05) is 6.07 Å². The smallest absolute Gasteiger partial charge is 0.226 e. The van der Waals surface area contributed by atoms with E-state index in [4.69, 9.17) is 4.74 Å². The minimum absolute atomic E-state index is 0.575. The van der Waals surface area contributed by atoms with E-state index in [2.05, 4.69) is 20.3 Å². The zero-order valence-electron chi connectivity index (χ0n) is 10.6. The van der Waals surface area contributed by atoms with Crippen LogP contribution in [0.1, 0.15) is 11.3 Å². The van der Waals surface area contributed by atoms with Gasteiger partial charge in [0.2, 0.25) is 11.8 Å². The SMILES string of the molecule is COc1cc(C)nc(NCCc2cccnc2)n1. The van der Waals surface area contributed by atoms with Crippen LogP contribution in [0.4, 0.5) is 5.95 Å². The van der Waals surface area contributed by atoms with E-state index >= 15 is 0 Å². The summed E-state index contributed by atoms with van der Waals surface area (Å²) in [6.45, 7) is 2.68. The quantitative estimate of drug-likeness (QED) is 0.869. The molecule has 5 nitrogen and oxygen atoms in total. The average Bonchev–Trinajstić information content (AvgIpc) is 2.39. The van der Waals surface area contributed by atoms with Crippen LogP contribution < -0.4 is 10.1 Å². The number of rotatable bonds is 5. The minimum Gasteiger partial charge on any atom is -0.481 e. The number of hydrogen-bond donors (Lipinski definition) is 1. The first kappa shape index (κ1) is 12.3. The first-order chi connectivity index (χ1) is 8.78. The maximum absolute atomic E-state index is 5.10. The van der Waals surface area contributed by atoms with E-state index in [1.807, 2.05) is 25.3 Å². The van der Waals surface area contributed by atoms with Crippen LogP contribution >= 0.6 is 0 Å². The molecule has 2 aromatic rings. The summed E-state index contributed by atoms with van der Waals surface area (Å²) in [6, 6.07) is 5.78. The van der Waals surface area contributed by atoms with Crippen molar-refractivity contribution in [2.75, 3.05) is 19.0 Å². The molecular formula is C13H16N4O. The fourth-order valence-electron chi connectivity index (χ4n) is 1.59. The Morgan fingerprint density at radius 1 is 1.33 bits per heavy atom. The number of aryl methyl sites for hydroxylation is 1. The summed E-state index contributed by atoms with van der Waals surface area (Å²) >= 11 is 0. The number of anilines is 1. The highest BCUT2D eigenvalue weighted by atomic mass is 16.5. The third-order valence-electron chi connectivity index (χ3n) is 2.46. The van der Waals surface area contributed by atoms with Gasteiger partial charge in [-0.15, -0.1) is 0 Å². The number of pyridine rings is 1. The molecule has 0 unspecified atom stereocenters. The van der Waals surface area contributed by atoms with E-state index in [0.29, 0.717) is 11.8 Å². The van der Waals surface area contributed by atoms with Gasteiger partial charge in [0.15, 0.2) is 0 Å². The van der Waals surface area contributed by atoms with Crippen LogP contribution in [-0.2, 0) is 6.42 Å². The van der Waals surface area contributed by atoms with Crippen molar-refractivity contribution in [1.29, 1.82) is 0 Å². The Hall–Kier alpha value is -2.17. The Morgan fingerprint density at radius 2 is 2.22 bits per heavy atom. The van der Waals surface area contributed by atoms with Crippen LogP contribution in [0.2, 0.25) is 0 Å². The van der Waals surface area contributed by atoms with Crippen LogP contribution in [0.5, 0.6) is 5.88 Å². The fourth-order valence-corrected chi connectivity index (χ4v) is 1.59. The molecule has 0 aliphatic heterocycles. The average molecular weight is 244 g/mol. The van der Waals surface area contributed by atoms with Crippen LogP contribution in [0.25, 0.3) is 0 Å². The molecule has 1 N–H and O–H groups in total. The number of nitrogens with one attached hydrogen (secondary N) is 1. The van der Waals surface area contributed by atoms with Gasteiger partial charge in [0.05, 0.1) is 7.11 Å². The summed E-state index contributed by atoms with van der Waals surface area (Å²) in [5.74, 6) is 1.17. The Bertz CT molecular complexity index is 502. The highest BCUT2D eigenvalue weighted by molar-refractivity contribution is 5.30. The third kappa shape index (κ3) is 3.41. The molecule has 0 aliphatic rings. The summed E-state index contributed by atoms with van der Waals surface area (Å²) in [5.41, 5.74) is 2.07. The lowest BCUT2D eigenvalue weighted by Gasteiger charge is -2.07. The molecule has 0 aliphatic carbocycles. The molecular weight excluding hydrogens is 228 g/mol. The first-order valence-corrected chi connectivity index (χ1v) is 5.80. The maximum Gasteiger partial charge on any atom is 0.226 e. The van der Waals surface area contributed by atoms with E-state index in [1.165, 1.54) is 5.56 Å². The summed E-state index contributed by atoms with van der Waals surface area (Å²) in [4.78, 5) is 12.6. The van der Waals surface area contributed by atoms with Crippen molar-refractivity contribution in [3.8, 4) is 5.88 Å². The Morgan fingerprint density at radius 3 is 2.94 bits per heavy atom. The molecule has 0 amide bonds. The molecule has 0 saturated carbocycles. The monoisotopic (exact) mass is 244 g/mol. The Labute approximate surface area is 106 Å². The lowest BCUT2D eigenvalue weighted by Crippen LogP contribution is -2.09. The van der Waals surface area contributed by atoms with Gasteiger partial charge in [-0.25, -0.2) is 4.98 Å². The van der Waals surface area contributed by atoms with E-state index in [1.54, 1.807) is 19.4 Å². The second-order valence-corrected chi connectivity index (χ2v) is 3.91. The van der Waals surface area contributed by atoms with Crippen LogP contribution in [-0.4, -0.2) is 28.6 Å². The van der Waals surface area contributed by atoms with Gasteiger partial charge in [0.25, 0.3) is 0 Å². The van der Waals surface area contributed by atoms with Gasteiger partial charge in [0, 0.05) is 30.7 Å². The fraction of sp³-hybridized carbons (Fsp3) is 0.308. The standard InChI is InChI=1S/C13H16N4O/c1-10-8-12(18-2)17-13(16-10)15-7-5-11-4-3-6-14-9-11/h3-4,6,8-9H,5,7H2,1-2H3,(H,15,16,17). The predicted molar refractivity (Wildman–Crippen MR) is 69.8 cm³/mol. The second-order valence-electron chi connectivity index (χ2n) is 3.91. The summed E-state index contributed by atoms with van der Waals surface area (Å²) in [6.07, 6.45) is 4.51. The van der Waals surface area contributed by atoms with Crippen molar-refractivity contribution in [3.05, 3.63) is 41.9 Å². The van der Waals surface area contributed by atoms with Gasteiger partial charge < -0.3 is 10.1 Å². The van der Waals surface area contributed by atoms with Gasteiger partial charge in [-0.2, -0.15) is 4.98 Å². The summed E-state index contributed by atoms with van der Waals surface area (Å²) < 4.78 is 5.10. The van der Waals surface area contributed by atoms with Crippen molar-refractivity contribution in [3.63, 3.8) is 0 Å². The van der Waals surface area contributed by atoms with Crippen molar-refractivity contribution in [2.45, 2.75) is 13.3 Å². The highest BCUT2D eigenvalue weighted by Gasteiger charge is 2.01. The van der Waals surface area contributed by atoms with Crippen molar-refractivity contribution in [1.82, 2.24) is 15.0 Å². The molecule has 5 heteroatoms. The van der Waals surface area contributed by atoms with E-state index in [0.717, 1.165) is 18.7 Å². The van der Waals surface area contributed by atoms with Crippen molar-refractivity contribution >= 4 is 5.95 Å². The third-order valence-corrected chi connectivity index (χ3v) is 2.46. The summed E-state index contributed by atoms with van der Waals surface area (Å²) in [5, 5.41) is 3.18. The lowest BCUT2D eigenvalue weighted by atomic mass is 10.2. The van der Waals surface area contributed by atoms with Gasteiger partial charge >= 0.3 is 0 Å². The Balaban J connectivity index is 1.92. The first-order valence-electron chi connectivity index (χ1n) is 5.80. The molecule has 0 fully saturated rings. The molecule has 2 rings (SSSR count). The molecule has 0 atom stereocenters. The normalized spacial score (nSPS) is 10.1. The number of ether oxygens (including phenoxy) is 1. The molecule has 2 heterocycles. The molecule has 18 heavy (non-hydrogen) atoms. The number of methoxy groups -OCH3 is 1. The summed E-state index contributed by atoms with van der Waals surface area (Å²) in [7, 11) is 1.60. The molecule has 0 radical (unpaired) electrons. The number of hydrogen-bond acceptors (Lipinski definition) is 5. The molecule has 0 saturated heterocycles. The van der Waals surface area contributed by atoms with E-state index in [-0.39, 0.29) is 0 Å². The molecule has 0 spiro atoms. The number of aromatic nitrogens is 3. The maximum atomic E-state index is 5.10. The number of nitrogens with zero attached hydrogens (tertiary/aromatic N) is 3. The predicted octanol–water partition coefficient (Wildman–Crippen LogP) is 1.84. The Kier molecular flexibility index (Phi) is 4.06. The van der Waals surface area contributed by atoms with Gasteiger partial charge in [-0.05, 0) is 25.0 Å². The molecule has 0 bridgehead atoms. The topological polar surface area (TPSA) is 59.9 Å². The largest absolute Gasteiger partial charge is 0.481 e. The molecule has 94 valence electrons. The molecule has 2 aromatic heterocycles. The second kappa shape index (κ2) is 5.95. The zero-order valence-corrected chi connectivity index (χ0v) is 10.6. The zero-order chi connectivity index (χ0) is 12.8. The van der Waals surface area contributed by atoms with Crippen LogP contribution in [0, 0.1) is 6.92 Å². The van der Waals surface area contributed by atoms with Crippen LogP contribution in [0.3, 0.4) is 0 Å². The minimum atomic E-state index is 0.575. The van der Waals surface area contributed by atoms with E-state index < -0.39 is 0 Å². The van der Waals surface area contributed by atoms with Gasteiger partial charge in [0.1, 0.15) is 0 Å². The van der Waals surface area contributed by atoms with Crippen molar-refractivity contribution in [2.24, 2.45) is 0 Å². The molecule has 0 aromatic carbocycles. The van der Waals surface area contributed by atoms with Crippen molar-refractivity contribution < 1.29 is 4.74 Å². The lowest BCUT2D eigenvalue weighted by molar-refractivity contribution is 0.397. The van der Waals surface area contributed by atoms with Gasteiger partial charge in [-0.3, -0.25) is 4.98 Å². The van der Waals surface area contributed by atoms with Crippen LogP contribution in [0.15, 0.2) is 30.6 Å².